The van der Waals surface area contributed by atoms with Gasteiger partial charge in [-0.2, -0.15) is 5.26 Å². The van der Waals surface area contributed by atoms with Gasteiger partial charge in [-0.25, -0.2) is 0 Å². The van der Waals surface area contributed by atoms with Crippen molar-refractivity contribution in [1.82, 2.24) is 10.2 Å². The number of hydrogen-bond donors (Lipinski definition) is 1. The van der Waals surface area contributed by atoms with Gasteiger partial charge in [-0.05, 0) is 18.8 Å². The monoisotopic (exact) mass is 180 g/mol. The average Bonchev–Trinajstić information content (AvgIpc) is 2.52. The molecule has 0 aliphatic heterocycles. The molecule has 1 heterocycles. The summed E-state index contributed by atoms with van der Waals surface area (Å²) >= 11 is 0. The van der Waals surface area contributed by atoms with E-state index in [-0.39, 0.29) is 5.82 Å². The van der Waals surface area contributed by atoms with Crippen molar-refractivity contribution in [2.45, 2.75) is 19.3 Å². The lowest BCUT2D eigenvalue weighted by atomic mass is 9.92. The molecule has 1 N–H and O–H groups in total. The summed E-state index contributed by atoms with van der Waals surface area (Å²) in [7, 11) is 0. The summed E-state index contributed by atoms with van der Waals surface area (Å²) in [5, 5.41) is 24.9. The Morgan fingerprint density at radius 2 is 2.38 bits per heavy atom. The molecule has 0 saturated heterocycles. The molecule has 1 rings (SSSR count). The normalized spacial score (nSPS) is 10.8. The molecule has 6 heteroatoms. The molecule has 0 spiro atoms. The van der Waals surface area contributed by atoms with Crippen LogP contribution >= 0.6 is 0 Å². The summed E-state index contributed by atoms with van der Waals surface area (Å²) in [6.45, 7) is 3.29. The summed E-state index contributed by atoms with van der Waals surface area (Å²) in [5.74, 6) is -0.196. The Morgan fingerprint density at radius 1 is 1.77 bits per heavy atom. The fourth-order valence-corrected chi connectivity index (χ4v) is 0.783. The third-order valence-electron chi connectivity index (χ3n) is 1.68. The van der Waals surface area contributed by atoms with E-state index in [9.17, 15) is 10.1 Å². The summed E-state index contributed by atoms with van der Waals surface area (Å²) in [5.41, 5.74) is -0.424. The first-order valence-electron chi connectivity index (χ1n) is 3.59. The summed E-state index contributed by atoms with van der Waals surface area (Å²) in [6.07, 6.45) is 0. The van der Waals surface area contributed by atoms with Crippen LogP contribution in [0.25, 0.3) is 0 Å². The second-order valence-corrected chi connectivity index (χ2v) is 3.13. The average molecular weight is 180 g/mol. The Kier molecular flexibility index (Phi) is 2.02. The number of H-pyrrole nitrogens is 1. The van der Waals surface area contributed by atoms with Gasteiger partial charge in [0.15, 0.2) is 0 Å². The van der Waals surface area contributed by atoms with Crippen LogP contribution in [0.15, 0.2) is 6.07 Å². The lowest BCUT2D eigenvalue weighted by Gasteiger charge is -2.08. The first-order chi connectivity index (χ1) is 5.97. The molecule has 0 aliphatic rings. The SMILES string of the molecule is CC(C)(C#N)c1cc([N+](=O)[O-])[nH]n1. The second-order valence-electron chi connectivity index (χ2n) is 3.13. The molecule has 0 saturated carbocycles. The van der Waals surface area contributed by atoms with Crippen molar-refractivity contribution in [2.24, 2.45) is 0 Å². The minimum absolute atomic E-state index is 0.196. The van der Waals surface area contributed by atoms with Crippen LogP contribution in [0, 0.1) is 21.4 Å². The minimum atomic E-state index is -0.801. The molecular weight excluding hydrogens is 172 g/mol. The molecule has 1 aromatic heterocycles. The van der Waals surface area contributed by atoms with Gasteiger partial charge in [-0.3, -0.25) is 0 Å². The zero-order valence-corrected chi connectivity index (χ0v) is 7.24. The van der Waals surface area contributed by atoms with Gasteiger partial charge in [0.1, 0.15) is 5.69 Å². The molecule has 0 bridgehead atoms. The van der Waals surface area contributed by atoms with E-state index >= 15 is 0 Å². The fraction of sp³-hybridized carbons (Fsp3) is 0.429. The molecule has 13 heavy (non-hydrogen) atoms. The van der Waals surface area contributed by atoms with E-state index in [1.807, 2.05) is 6.07 Å². The van der Waals surface area contributed by atoms with Crippen molar-refractivity contribution in [3.05, 3.63) is 21.9 Å². The van der Waals surface area contributed by atoms with Crippen LogP contribution in [-0.2, 0) is 5.41 Å². The van der Waals surface area contributed by atoms with E-state index in [1.54, 1.807) is 13.8 Å². The van der Waals surface area contributed by atoms with E-state index in [0.29, 0.717) is 5.69 Å². The van der Waals surface area contributed by atoms with Crippen molar-refractivity contribution >= 4 is 5.82 Å². The van der Waals surface area contributed by atoms with Crippen molar-refractivity contribution in [3.8, 4) is 6.07 Å². The van der Waals surface area contributed by atoms with E-state index in [4.69, 9.17) is 5.26 Å². The van der Waals surface area contributed by atoms with Crippen LogP contribution in [0.2, 0.25) is 0 Å². The van der Waals surface area contributed by atoms with E-state index in [2.05, 4.69) is 10.2 Å². The number of nitrogens with zero attached hydrogens (tertiary/aromatic N) is 3. The number of nitrogens with one attached hydrogen (secondary N) is 1. The zero-order valence-electron chi connectivity index (χ0n) is 7.24. The highest BCUT2D eigenvalue weighted by Crippen LogP contribution is 2.22. The van der Waals surface area contributed by atoms with Crippen molar-refractivity contribution in [1.29, 1.82) is 5.26 Å². The number of nitro groups is 1. The molecule has 0 aromatic carbocycles. The number of aromatic amines is 1. The fourth-order valence-electron chi connectivity index (χ4n) is 0.783. The third kappa shape index (κ3) is 1.64. The molecule has 6 nitrogen and oxygen atoms in total. The molecule has 0 amide bonds. The van der Waals surface area contributed by atoms with Crippen molar-refractivity contribution in [3.63, 3.8) is 0 Å². The van der Waals surface area contributed by atoms with Crippen LogP contribution in [0.1, 0.15) is 19.5 Å². The van der Waals surface area contributed by atoms with Gasteiger partial charge in [-0.15, -0.1) is 5.10 Å². The quantitative estimate of drug-likeness (QED) is 0.544. The van der Waals surface area contributed by atoms with Gasteiger partial charge in [0.2, 0.25) is 0 Å². The van der Waals surface area contributed by atoms with Gasteiger partial charge in [0, 0.05) is 0 Å². The molecule has 0 atom stereocenters. The molecule has 0 unspecified atom stereocenters. The lowest BCUT2D eigenvalue weighted by molar-refractivity contribution is -0.389. The van der Waals surface area contributed by atoms with Gasteiger partial charge >= 0.3 is 5.82 Å². The Bertz CT molecular complexity index is 374. The largest absolute Gasteiger partial charge is 0.358 e. The highest BCUT2D eigenvalue weighted by atomic mass is 16.6. The van der Waals surface area contributed by atoms with E-state index < -0.39 is 10.3 Å². The number of aromatic nitrogens is 2. The molecule has 1 aromatic rings. The molecular formula is C7H8N4O2. The Hall–Kier alpha value is -1.90. The lowest BCUT2D eigenvalue weighted by Crippen LogP contribution is -2.14. The van der Waals surface area contributed by atoms with Crippen LogP contribution in [0.3, 0.4) is 0 Å². The molecule has 0 fully saturated rings. The van der Waals surface area contributed by atoms with Crippen LogP contribution in [0.5, 0.6) is 0 Å². The number of rotatable bonds is 2. The minimum Gasteiger partial charge on any atom is -0.358 e. The van der Waals surface area contributed by atoms with Gasteiger partial charge in [0.05, 0.1) is 17.6 Å². The maximum absolute atomic E-state index is 10.3. The van der Waals surface area contributed by atoms with Crippen molar-refractivity contribution in [2.75, 3.05) is 0 Å². The van der Waals surface area contributed by atoms with E-state index in [0.717, 1.165) is 0 Å². The smallest absolute Gasteiger partial charge is 0.342 e. The maximum Gasteiger partial charge on any atom is 0.342 e. The molecule has 0 aliphatic carbocycles. The predicted octanol–water partition coefficient (Wildman–Crippen LogP) is 1.12. The Balaban J connectivity index is 3.07. The van der Waals surface area contributed by atoms with Crippen LogP contribution in [0.4, 0.5) is 5.82 Å². The predicted molar refractivity (Wildman–Crippen MR) is 43.9 cm³/mol. The summed E-state index contributed by atoms with van der Waals surface area (Å²) in [4.78, 5) is 9.70. The standard InChI is InChI=1S/C7H8N4O2/c1-7(2,4-8)5-3-6(10-9-5)11(12)13/h3H,1-2H3,(H,9,10). The summed E-state index contributed by atoms with van der Waals surface area (Å²) in [6, 6.07) is 3.27. The van der Waals surface area contributed by atoms with E-state index in [1.165, 1.54) is 6.07 Å². The third-order valence-corrected chi connectivity index (χ3v) is 1.68. The second kappa shape index (κ2) is 2.86. The maximum atomic E-state index is 10.3. The molecule has 0 radical (unpaired) electrons. The van der Waals surface area contributed by atoms with Crippen molar-refractivity contribution < 1.29 is 4.92 Å². The highest BCUT2D eigenvalue weighted by Gasteiger charge is 2.26. The Labute approximate surface area is 74.3 Å². The first-order valence-corrected chi connectivity index (χ1v) is 3.59. The van der Waals surface area contributed by atoms with Gasteiger partial charge < -0.3 is 10.1 Å². The molecule has 68 valence electrons. The number of nitriles is 1. The topological polar surface area (TPSA) is 95.6 Å². The highest BCUT2D eigenvalue weighted by molar-refractivity contribution is 5.30. The van der Waals surface area contributed by atoms with Crippen LogP contribution in [-0.4, -0.2) is 15.1 Å². The van der Waals surface area contributed by atoms with Gasteiger partial charge in [-0.1, -0.05) is 5.10 Å². The zero-order chi connectivity index (χ0) is 10.1. The van der Waals surface area contributed by atoms with Crippen LogP contribution < -0.4 is 0 Å². The Morgan fingerprint density at radius 3 is 2.77 bits per heavy atom. The summed E-state index contributed by atoms with van der Waals surface area (Å²) < 4.78 is 0. The number of hydrogen-bond acceptors (Lipinski definition) is 4. The van der Waals surface area contributed by atoms with Gasteiger partial charge in [0.25, 0.3) is 0 Å². The first kappa shape index (κ1) is 9.19.